The summed E-state index contributed by atoms with van der Waals surface area (Å²) in [6.45, 7) is 2.01. The molecule has 8 heteroatoms. The topological polar surface area (TPSA) is 67.9 Å². The summed E-state index contributed by atoms with van der Waals surface area (Å²) < 4.78 is 37.9. The van der Waals surface area contributed by atoms with Crippen molar-refractivity contribution in [3.8, 4) is 11.5 Å². The molecular formula is C14H21ClN2O4S. The zero-order chi connectivity index (χ0) is 14.9. The summed E-state index contributed by atoms with van der Waals surface area (Å²) in [7, 11) is -1.61. The Bertz CT molecular complexity index is 623. The van der Waals surface area contributed by atoms with E-state index in [1.165, 1.54) is 0 Å². The van der Waals surface area contributed by atoms with Crippen LogP contribution in [0.25, 0.3) is 0 Å². The highest BCUT2D eigenvalue weighted by molar-refractivity contribution is 7.89. The smallest absolute Gasteiger partial charge is 0.243 e. The molecule has 124 valence electrons. The number of nitrogens with one attached hydrogen (secondary N) is 1. The highest BCUT2D eigenvalue weighted by Crippen LogP contribution is 2.33. The molecule has 1 aromatic rings. The fourth-order valence-corrected chi connectivity index (χ4v) is 4.27. The van der Waals surface area contributed by atoms with Gasteiger partial charge in [0, 0.05) is 25.2 Å². The molecule has 2 heterocycles. The zero-order valence-corrected chi connectivity index (χ0v) is 14.1. The first-order valence-electron chi connectivity index (χ1n) is 7.18. The van der Waals surface area contributed by atoms with Crippen molar-refractivity contribution in [1.82, 2.24) is 9.62 Å². The maximum Gasteiger partial charge on any atom is 0.243 e. The third kappa shape index (κ3) is 3.32. The van der Waals surface area contributed by atoms with Crippen LogP contribution in [0.3, 0.4) is 0 Å². The highest BCUT2D eigenvalue weighted by Gasteiger charge is 2.30. The number of piperidine rings is 1. The minimum atomic E-state index is -3.48. The number of likely N-dealkylation sites (N-methyl/N-ethyl adjacent to an activating group) is 1. The molecule has 0 amide bonds. The van der Waals surface area contributed by atoms with Gasteiger partial charge < -0.3 is 14.8 Å². The Morgan fingerprint density at radius 3 is 2.68 bits per heavy atom. The average Bonchev–Trinajstić information content (AvgIpc) is 2.54. The number of ether oxygens (including phenoxy) is 2. The number of fused-ring (bicyclic) bond motifs is 1. The number of sulfonamides is 1. The van der Waals surface area contributed by atoms with E-state index >= 15 is 0 Å². The van der Waals surface area contributed by atoms with E-state index in [-0.39, 0.29) is 23.3 Å². The number of hydrogen-bond donors (Lipinski definition) is 1. The molecule has 2 aliphatic rings. The maximum atomic E-state index is 12.7. The van der Waals surface area contributed by atoms with Gasteiger partial charge in [-0.2, -0.15) is 4.31 Å². The highest BCUT2D eigenvalue weighted by atomic mass is 35.5. The summed E-state index contributed by atoms with van der Waals surface area (Å²) in [5.74, 6) is 1.11. The van der Waals surface area contributed by atoms with Crippen molar-refractivity contribution in [3.63, 3.8) is 0 Å². The molecular weight excluding hydrogens is 328 g/mol. The maximum absolute atomic E-state index is 12.7. The molecule has 0 saturated carbocycles. The van der Waals surface area contributed by atoms with E-state index in [1.54, 1.807) is 22.5 Å². The van der Waals surface area contributed by atoms with Gasteiger partial charge in [0.15, 0.2) is 11.5 Å². The molecule has 0 aliphatic carbocycles. The Morgan fingerprint density at radius 2 is 1.95 bits per heavy atom. The Hall–Kier alpha value is -1.02. The van der Waals surface area contributed by atoms with Crippen LogP contribution in [-0.2, 0) is 10.0 Å². The van der Waals surface area contributed by atoms with Crippen molar-refractivity contribution in [1.29, 1.82) is 0 Å². The van der Waals surface area contributed by atoms with Gasteiger partial charge in [-0.15, -0.1) is 12.4 Å². The van der Waals surface area contributed by atoms with Gasteiger partial charge in [-0.1, -0.05) is 0 Å². The standard InChI is InChI=1S/C14H20N2O4S.ClH/c1-15-11-3-2-6-16(10-11)21(17,18)12-4-5-13-14(9-12)20-8-7-19-13;/h4-5,9,11,15H,2-3,6-8,10H2,1H3;1H. The second-order valence-electron chi connectivity index (χ2n) is 5.30. The van der Waals surface area contributed by atoms with Crippen molar-refractivity contribution in [2.24, 2.45) is 0 Å². The van der Waals surface area contributed by atoms with E-state index in [9.17, 15) is 8.42 Å². The van der Waals surface area contributed by atoms with Crippen LogP contribution in [0.5, 0.6) is 11.5 Å². The summed E-state index contributed by atoms with van der Waals surface area (Å²) >= 11 is 0. The summed E-state index contributed by atoms with van der Waals surface area (Å²) in [6.07, 6.45) is 1.87. The zero-order valence-electron chi connectivity index (χ0n) is 12.4. The van der Waals surface area contributed by atoms with Crippen LogP contribution in [-0.4, -0.2) is 52.1 Å². The van der Waals surface area contributed by atoms with Crippen LogP contribution in [0.2, 0.25) is 0 Å². The van der Waals surface area contributed by atoms with Crippen molar-refractivity contribution in [2.45, 2.75) is 23.8 Å². The molecule has 1 N–H and O–H groups in total. The molecule has 6 nitrogen and oxygen atoms in total. The van der Waals surface area contributed by atoms with Gasteiger partial charge in [0.05, 0.1) is 4.90 Å². The molecule has 1 unspecified atom stereocenters. The molecule has 3 rings (SSSR count). The third-order valence-corrected chi connectivity index (χ3v) is 5.80. The normalized spacial score (nSPS) is 22.0. The second-order valence-corrected chi connectivity index (χ2v) is 7.23. The minimum absolute atomic E-state index is 0. The molecule has 1 atom stereocenters. The van der Waals surface area contributed by atoms with Gasteiger partial charge in [0.25, 0.3) is 0 Å². The van der Waals surface area contributed by atoms with E-state index < -0.39 is 10.0 Å². The van der Waals surface area contributed by atoms with Crippen LogP contribution < -0.4 is 14.8 Å². The lowest BCUT2D eigenvalue weighted by Gasteiger charge is -2.32. The van der Waals surface area contributed by atoms with Crippen LogP contribution in [0.1, 0.15) is 12.8 Å². The number of benzene rings is 1. The second kappa shape index (κ2) is 7.04. The van der Waals surface area contributed by atoms with Gasteiger partial charge in [-0.3, -0.25) is 0 Å². The van der Waals surface area contributed by atoms with Gasteiger partial charge in [0.1, 0.15) is 13.2 Å². The monoisotopic (exact) mass is 348 g/mol. The van der Waals surface area contributed by atoms with Crippen molar-refractivity contribution < 1.29 is 17.9 Å². The van der Waals surface area contributed by atoms with Crippen molar-refractivity contribution >= 4 is 22.4 Å². The van der Waals surface area contributed by atoms with E-state index in [2.05, 4.69) is 5.32 Å². The fraction of sp³-hybridized carbons (Fsp3) is 0.571. The van der Waals surface area contributed by atoms with Crippen LogP contribution in [0.4, 0.5) is 0 Å². The first-order valence-corrected chi connectivity index (χ1v) is 8.62. The summed E-state index contributed by atoms with van der Waals surface area (Å²) in [4.78, 5) is 0.267. The lowest BCUT2D eigenvalue weighted by molar-refractivity contribution is 0.171. The first kappa shape index (κ1) is 17.3. The summed E-state index contributed by atoms with van der Waals surface area (Å²) in [6, 6.07) is 5.03. The Labute approximate surface area is 137 Å². The third-order valence-electron chi connectivity index (χ3n) is 3.94. The molecule has 0 bridgehead atoms. The molecule has 0 radical (unpaired) electrons. The predicted molar refractivity (Wildman–Crippen MR) is 85.5 cm³/mol. The molecule has 1 aromatic carbocycles. The summed E-state index contributed by atoms with van der Waals surface area (Å²) in [5.41, 5.74) is 0. The minimum Gasteiger partial charge on any atom is -0.486 e. The van der Waals surface area contributed by atoms with E-state index in [0.717, 1.165) is 12.8 Å². The summed E-state index contributed by atoms with van der Waals surface area (Å²) in [5, 5.41) is 3.16. The van der Waals surface area contributed by atoms with Gasteiger partial charge in [-0.05, 0) is 32.0 Å². The first-order chi connectivity index (χ1) is 10.1. The number of nitrogens with zero attached hydrogens (tertiary/aromatic N) is 1. The van der Waals surface area contributed by atoms with Gasteiger partial charge >= 0.3 is 0 Å². The molecule has 0 aromatic heterocycles. The lowest BCUT2D eigenvalue weighted by Crippen LogP contribution is -2.46. The largest absolute Gasteiger partial charge is 0.486 e. The van der Waals surface area contributed by atoms with Gasteiger partial charge in [0.2, 0.25) is 10.0 Å². The Balaban J connectivity index is 0.00000176. The van der Waals surface area contributed by atoms with Crippen LogP contribution >= 0.6 is 12.4 Å². The number of rotatable bonds is 3. The average molecular weight is 349 g/mol. The van der Waals surface area contributed by atoms with E-state index in [1.807, 2.05) is 7.05 Å². The molecule has 1 saturated heterocycles. The quantitative estimate of drug-likeness (QED) is 0.890. The molecule has 0 spiro atoms. The van der Waals surface area contributed by atoms with Crippen LogP contribution in [0, 0.1) is 0 Å². The molecule has 1 fully saturated rings. The molecule has 2 aliphatic heterocycles. The number of hydrogen-bond acceptors (Lipinski definition) is 5. The van der Waals surface area contributed by atoms with E-state index in [0.29, 0.717) is 37.8 Å². The molecule has 22 heavy (non-hydrogen) atoms. The Kier molecular flexibility index (Phi) is 5.55. The van der Waals surface area contributed by atoms with Crippen LogP contribution in [0.15, 0.2) is 23.1 Å². The van der Waals surface area contributed by atoms with E-state index in [4.69, 9.17) is 9.47 Å². The van der Waals surface area contributed by atoms with Crippen molar-refractivity contribution in [3.05, 3.63) is 18.2 Å². The van der Waals surface area contributed by atoms with Crippen molar-refractivity contribution in [2.75, 3.05) is 33.4 Å². The fourth-order valence-electron chi connectivity index (χ4n) is 2.73. The number of halogens is 1. The lowest BCUT2D eigenvalue weighted by atomic mass is 10.1. The SMILES string of the molecule is CNC1CCCN(S(=O)(=O)c2ccc3c(c2)OCCO3)C1.Cl. The Morgan fingerprint density at radius 1 is 1.23 bits per heavy atom. The predicted octanol–water partition coefficient (Wildman–Crippen LogP) is 1.25. The van der Waals surface area contributed by atoms with Gasteiger partial charge in [-0.25, -0.2) is 8.42 Å².